The Balaban J connectivity index is 1.91. The maximum atomic E-state index is 11.3. The Morgan fingerprint density at radius 1 is 1.19 bits per heavy atom. The number of hydrogen-bond donors (Lipinski definition) is 1. The van der Waals surface area contributed by atoms with Gasteiger partial charge in [-0.05, 0) is 51.1 Å². The van der Waals surface area contributed by atoms with E-state index in [0.717, 1.165) is 40.9 Å². The van der Waals surface area contributed by atoms with Gasteiger partial charge in [-0.2, -0.15) is 0 Å². The van der Waals surface area contributed by atoms with Crippen LogP contribution in [0.25, 0.3) is 10.9 Å². The molecule has 1 fully saturated rings. The van der Waals surface area contributed by atoms with E-state index in [0.29, 0.717) is 0 Å². The zero-order valence-corrected chi connectivity index (χ0v) is 14.8. The van der Waals surface area contributed by atoms with Gasteiger partial charge in [0.2, 0.25) is 0 Å². The number of nitro groups is 1. The summed E-state index contributed by atoms with van der Waals surface area (Å²) in [6.45, 7) is 4.08. The normalized spacial score (nSPS) is 16.7. The summed E-state index contributed by atoms with van der Waals surface area (Å²) in [7, 11) is 0. The van der Waals surface area contributed by atoms with Crippen molar-refractivity contribution in [3.05, 3.63) is 69.7 Å². The summed E-state index contributed by atoms with van der Waals surface area (Å²) in [4.78, 5) is 21.4. The van der Waals surface area contributed by atoms with Crippen LogP contribution in [0, 0.1) is 17.0 Å². The third-order valence-electron chi connectivity index (χ3n) is 5.23. The van der Waals surface area contributed by atoms with Gasteiger partial charge in [0.25, 0.3) is 5.69 Å². The number of aromatic nitrogens is 2. The van der Waals surface area contributed by atoms with Crippen LogP contribution in [0.4, 0.5) is 5.69 Å². The van der Waals surface area contributed by atoms with Crippen LogP contribution in [-0.2, 0) is 0 Å². The molecule has 26 heavy (non-hydrogen) atoms. The lowest BCUT2D eigenvalue weighted by Crippen LogP contribution is -2.35. The number of non-ortho nitro benzene ring substituents is 1. The quantitative estimate of drug-likeness (QED) is 0.560. The number of benzene rings is 1. The number of nitrogens with zero attached hydrogens (tertiary/aromatic N) is 3. The molecule has 1 aromatic carbocycles. The fourth-order valence-electron chi connectivity index (χ4n) is 4.03. The topological polar surface area (TPSA) is 75.1 Å². The van der Waals surface area contributed by atoms with Crippen LogP contribution in [0.3, 0.4) is 0 Å². The second-order valence-corrected chi connectivity index (χ2v) is 6.90. The maximum absolute atomic E-state index is 11.3. The van der Waals surface area contributed by atoms with E-state index in [1.807, 2.05) is 25.3 Å². The van der Waals surface area contributed by atoms with Crippen LogP contribution in [0.5, 0.6) is 0 Å². The first kappa shape index (κ1) is 16.7. The Labute approximate surface area is 152 Å². The fraction of sp³-hybridized carbons (Fsp3) is 0.350. The minimum Gasteiger partial charge on any atom is -0.358 e. The van der Waals surface area contributed by atoms with E-state index < -0.39 is 0 Å². The molecule has 1 saturated heterocycles. The highest BCUT2D eigenvalue weighted by Gasteiger charge is 2.29. The summed E-state index contributed by atoms with van der Waals surface area (Å²) in [5.41, 5.74) is 4.19. The van der Waals surface area contributed by atoms with Crippen molar-refractivity contribution in [2.45, 2.75) is 32.2 Å². The van der Waals surface area contributed by atoms with Crippen molar-refractivity contribution in [2.24, 2.45) is 0 Å². The smallest absolute Gasteiger partial charge is 0.270 e. The predicted molar refractivity (Wildman–Crippen MR) is 101 cm³/mol. The fourth-order valence-corrected chi connectivity index (χ4v) is 4.03. The number of H-pyrrole nitrogens is 1. The van der Waals surface area contributed by atoms with Crippen molar-refractivity contribution in [1.82, 2.24) is 14.9 Å². The molecule has 1 atom stereocenters. The Hall–Kier alpha value is -2.73. The number of hydrogen-bond acceptors (Lipinski definition) is 4. The van der Waals surface area contributed by atoms with Gasteiger partial charge in [0.1, 0.15) is 0 Å². The molecule has 1 aliphatic rings. The highest BCUT2D eigenvalue weighted by molar-refractivity contribution is 5.87. The van der Waals surface area contributed by atoms with Gasteiger partial charge in [0, 0.05) is 40.5 Å². The molecule has 0 aliphatic carbocycles. The lowest BCUT2D eigenvalue weighted by molar-refractivity contribution is -0.384. The molecule has 0 spiro atoms. The van der Waals surface area contributed by atoms with Gasteiger partial charge in [-0.3, -0.25) is 20.0 Å². The van der Waals surface area contributed by atoms with Crippen molar-refractivity contribution >= 4 is 16.6 Å². The average molecular weight is 350 g/mol. The standard InChI is InChI=1S/C20H22N4O2/c1-14-19(16-13-15(24(25)26)8-9-17(16)22-14)20(18-7-3-4-10-21-18)23-11-5-2-6-12-23/h3-4,7-10,13,20,22H,2,5-6,11-12H2,1H3. The summed E-state index contributed by atoms with van der Waals surface area (Å²) >= 11 is 0. The summed E-state index contributed by atoms with van der Waals surface area (Å²) in [6, 6.07) is 11.0. The van der Waals surface area contributed by atoms with Gasteiger partial charge in [0.05, 0.1) is 16.7 Å². The molecule has 3 heterocycles. The minimum absolute atomic E-state index is 0.00672. The van der Waals surface area contributed by atoms with Gasteiger partial charge in [-0.1, -0.05) is 12.5 Å². The van der Waals surface area contributed by atoms with Crippen LogP contribution in [0.15, 0.2) is 42.6 Å². The van der Waals surface area contributed by atoms with Crippen LogP contribution < -0.4 is 0 Å². The third-order valence-corrected chi connectivity index (χ3v) is 5.23. The van der Waals surface area contributed by atoms with Crippen LogP contribution in [0.2, 0.25) is 0 Å². The molecule has 6 heteroatoms. The first-order chi connectivity index (χ1) is 12.6. The van der Waals surface area contributed by atoms with Gasteiger partial charge < -0.3 is 4.98 Å². The van der Waals surface area contributed by atoms with Gasteiger partial charge in [-0.25, -0.2) is 0 Å². The minimum atomic E-state index is -0.331. The molecule has 0 saturated carbocycles. The molecule has 0 bridgehead atoms. The van der Waals surface area contributed by atoms with Gasteiger partial charge in [0.15, 0.2) is 0 Å². The summed E-state index contributed by atoms with van der Waals surface area (Å²) in [5.74, 6) is 0. The molecule has 0 amide bonds. The Kier molecular flexibility index (Phi) is 4.42. The predicted octanol–water partition coefficient (Wildman–Crippen LogP) is 4.35. The molecule has 1 unspecified atom stereocenters. The number of pyridine rings is 1. The maximum Gasteiger partial charge on any atom is 0.270 e. The number of fused-ring (bicyclic) bond motifs is 1. The lowest BCUT2D eigenvalue weighted by atomic mass is 9.95. The van der Waals surface area contributed by atoms with Crippen LogP contribution >= 0.6 is 0 Å². The number of aryl methyl sites for hydroxylation is 1. The van der Waals surface area contributed by atoms with Crippen molar-refractivity contribution < 1.29 is 4.92 Å². The number of aromatic amines is 1. The van der Waals surface area contributed by atoms with Crippen molar-refractivity contribution in [1.29, 1.82) is 0 Å². The summed E-state index contributed by atoms with van der Waals surface area (Å²) in [5, 5.41) is 12.2. The van der Waals surface area contributed by atoms with E-state index in [4.69, 9.17) is 0 Å². The molecule has 3 aromatic rings. The third kappa shape index (κ3) is 2.97. The molecule has 134 valence electrons. The highest BCUT2D eigenvalue weighted by atomic mass is 16.6. The molecular weight excluding hydrogens is 328 g/mol. The highest BCUT2D eigenvalue weighted by Crippen LogP contribution is 2.37. The lowest BCUT2D eigenvalue weighted by Gasteiger charge is -2.34. The van der Waals surface area contributed by atoms with E-state index in [9.17, 15) is 10.1 Å². The van der Waals surface area contributed by atoms with E-state index >= 15 is 0 Å². The molecule has 1 aliphatic heterocycles. The monoisotopic (exact) mass is 350 g/mol. The van der Waals surface area contributed by atoms with E-state index in [1.165, 1.54) is 19.3 Å². The number of nitrogens with one attached hydrogen (secondary N) is 1. The number of rotatable bonds is 4. The van der Waals surface area contributed by atoms with Gasteiger partial charge >= 0.3 is 0 Å². The second-order valence-electron chi connectivity index (χ2n) is 6.90. The Bertz CT molecular complexity index is 930. The average Bonchev–Trinajstić information content (AvgIpc) is 2.99. The van der Waals surface area contributed by atoms with Crippen molar-refractivity contribution in [3.63, 3.8) is 0 Å². The molecule has 6 nitrogen and oxygen atoms in total. The SMILES string of the molecule is Cc1[nH]c2ccc([N+](=O)[O-])cc2c1C(c1ccccn1)N1CCCCC1. The van der Waals surface area contributed by atoms with Gasteiger partial charge in [-0.15, -0.1) is 0 Å². The Morgan fingerprint density at radius 2 is 2.00 bits per heavy atom. The van der Waals surface area contributed by atoms with Crippen molar-refractivity contribution in [3.8, 4) is 0 Å². The first-order valence-corrected chi connectivity index (χ1v) is 9.07. The summed E-state index contributed by atoms with van der Waals surface area (Å²) in [6.07, 6.45) is 5.42. The first-order valence-electron chi connectivity index (χ1n) is 9.07. The molecule has 0 radical (unpaired) electrons. The number of nitro benzene ring substituents is 1. The van der Waals surface area contributed by atoms with Crippen molar-refractivity contribution in [2.75, 3.05) is 13.1 Å². The van der Waals surface area contributed by atoms with E-state index in [-0.39, 0.29) is 16.7 Å². The molecule has 1 N–H and O–H groups in total. The van der Waals surface area contributed by atoms with Crippen LogP contribution in [0.1, 0.15) is 42.3 Å². The number of piperidine rings is 1. The largest absolute Gasteiger partial charge is 0.358 e. The molecule has 2 aromatic heterocycles. The van der Waals surface area contributed by atoms with E-state index in [1.54, 1.807) is 18.2 Å². The number of likely N-dealkylation sites (tertiary alicyclic amines) is 1. The molecule has 4 rings (SSSR count). The van der Waals surface area contributed by atoms with E-state index in [2.05, 4.69) is 20.9 Å². The Morgan fingerprint density at radius 3 is 2.69 bits per heavy atom. The zero-order valence-electron chi connectivity index (χ0n) is 14.8. The molecular formula is C20H22N4O2. The van der Waals surface area contributed by atoms with Crippen LogP contribution in [-0.4, -0.2) is 32.9 Å². The summed E-state index contributed by atoms with van der Waals surface area (Å²) < 4.78 is 0. The second kappa shape index (κ2) is 6.88. The zero-order chi connectivity index (χ0) is 18.1.